The number of carbonyl (C=O) groups is 2. The molecule has 0 aliphatic carbocycles. The molecular weight excluding hydrogens is 492 g/mol. The first kappa shape index (κ1) is 24.8. The number of rotatable bonds is 8. The fourth-order valence-electron chi connectivity index (χ4n) is 5.07. The molecule has 0 radical (unpaired) electrons. The van der Waals surface area contributed by atoms with Crippen molar-refractivity contribution >= 4 is 35.0 Å². The van der Waals surface area contributed by atoms with Crippen LogP contribution in [0, 0.1) is 6.92 Å². The van der Waals surface area contributed by atoms with Gasteiger partial charge in [0, 0.05) is 47.3 Å². The van der Waals surface area contributed by atoms with Gasteiger partial charge in [-0.3, -0.25) is 4.79 Å². The molecule has 2 bridgehead atoms. The van der Waals surface area contributed by atoms with Gasteiger partial charge in [0.1, 0.15) is 16.2 Å². The molecule has 6 nitrogen and oxygen atoms in total. The summed E-state index contributed by atoms with van der Waals surface area (Å²) < 4.78 is 12.4. The van der Waals surface area contributed by atoms with E-state index < -0.39 is 0 Å². The van der Waals surface area contributed by atoms with Crippen molar-refractivity contribution in [3.63, 3.8) is 0 Å². The second-order valence-corrected chi connectivity index (χ2v) is 11.4. The summed E-state index contributed by atoms with van der Waals surface area (Å²) in [5, 5.41) is 2.06. The van der Waals surface area contributed by atoms with Crippen LogP contribution in [0.1, 0.15) is 64.6 Å². The second-order valence-electron chi connectivity index (χ2n) is 9.29. The first-order chi connectivity index (χ1) is 17.5. The van der Waals surface area contributed by atoms with Crippen molar-refractivity contribution in [3.05, 3.63) is 76.3 Å². The third-order valence-electron chi connectivity index (χ3n) is 6.75. The average Bonchev–Trinajstić information content (AvgIpc) is 3.42. The van der Waals surface area contributed by atoms with Crippen LogP contribution < -0.4 is 4.74 Å². The van der Waals surface area contributed by atoms with Gasteiger partial charge in [-0.1, -0.05) is 23.9 Å². The number of aryl methyl sites for hydroxylation is 1. The fraction of sp³-hybridized carbons (Fsp3) is 0.393. The van der Waals surface area contributed by atoms with Crippen molar-refractivity contribution < 1.29 is 19.1 Å². The van der Waals surface area contributed by atoms with Crippen molar-refractivity contribution in [2.24, 2.45) is 0 Å². The predicted molar refractivity (Wildman–Crippen MR) is 142 cm³/mol. The lowest BCUT2D eigenvalue weighted by molar-refractivity contribution is 0.0359. The summed E-state index contributed by atoms with van der Waals surface area (Å²) >= 11 is 3.40. The third kappa shape index (κ3) is 5.60. The zero-order valence-electron chi connectivity index (χ0n) is 20.5. The van der Waals surface area contributed by atoms with E-state index in [-0.39, 0.29) is 30.1 Å². The highest BCUT2D eigenvalue weighted by atomic mass is 32.2. The lowest BCUT2D eigenvalue weighted by Gasteiger charge is -2.39. The summed E-state index contributed by atoms with van der Waals surface area (Å²) in [5.41, 5.74) is 3.51. The molecule has 2 aliphatic rings. The van der Waals surface area contributed by atoms with Crippen LogP contribution in [0.2, 0.25) is 0 Å². The summed E-state index contributed by atoms with van der Waals surface area (Å²) in [6, 6.07) is 15.5. The molecule has 1 amide bonds. The minimum atomic E-state index is -0.324. The van der Waals surface area contributed by atoms with Gasteiger partial charge in [-0.25, -0.2) is 9.78 Å². The van der Waals surface area contributed by atoms with E-state index in [1.807, 2.05) is 31.2 Å². The average molecular weight is 523 g/mol. The molecule has 2 aromatic carbocycles. The molecule has 0 saturated carbocycles. The van der Waals surface area contributed by atoms with Gasteiger partial charge in [0.05, 0.1) is 12.2 Å². The minimum absolute atomic E-state index is 0.0638. The van der Waals surface area contributed by atoms with Gasteiger partial charge in [-0.15, -0.1) is 11.3 Å². The predicted octanol–water partition coefficient (Wildman–Crippen LogP) is 6.14. The van der Waals surface area contributed by atoms with Crippen molar-refractivity contribution in [1.29, 1.82) is 0 Å². The lowest BCUT2D eigenvalue weighted by atomic mass is 9.98. The first-order valence-corrected chi connectivity index (χ1v) is 14.3. The molecule has 2 unspecified atom stereocenters. The standard InChI is InChI=1S/C28H30N2O4S2/c1-3-33-27(32)21-8-12-24(13-9-21)34-25-14-22-10-11-23(15-25)30(22)26(31)20-6-4-19(5-7-20)17-36-28-29-18(2)16-35-28/h4-9,12-13,16,22-23,25H,3,10-11,14-15,17H2,1-2H3. The van der Waals surface area contributed by atoms with E-state index in [9.17, 15) is 9.59 Å². The monoisotopic (exact) mass is 522 g/mol. The smallest absolute Gasteiger partial charge is 0.338 e. The Morgan fingerprint density at radius 2 is 1.69 bits per heavy atom. The van der Waals surface area contributed by atoms with Gasteiger partial charge in [0.25, 0.3) is 5.91 Å². The van der Waals surface area contributed by atoms with E-state index >= 15 is 0 Å². The Balaban J connectivity index is 1.17. The van der Waals surface area contributed by atoms with Crippen molar-refractivity contribution in [3.8, 4) is 5.75 Å². The Hall–Kier alpha value is -2.84. The van der Waals surface area contributed by atoms with Crippen LogP contribution in [0.5, 0.6) is 5.75 Å². The molecule has 188 valence electrons. The number of piperidine rings is 1. The lowest BCUT2D eigenvalue weighted by Crippen LogP contribution is -2.49. The number of amides is 1. The van der Waals surface area contributed by atoms with E-state index in [0.29, 0.717) is 12.2 Å². The second kappa shape index (κ2) is 11.0. The van der Waals surface area contributed by atoms with Crippen LogP contribution in [-0.4, -0.2) is 46.6 Å². The van der Waals surface area contributed by atoms with E-state index in [4.69, 9.17) is 9.47 Å². The molecule has 5 rings (SSSR count). The van der Waals surface area contributed by atoms with Crippen LogP contribution >= 0.6 is 23.1 Å². The first-order valence-electron chi connectivity index (χ1n) is 12.4. The molecule has 2 aliphatic heterocycles. The highest BCUT2D eigenvalue weighted by Crippen LogP contribution is 2.38. The highest BCUT2D eigenvalue weighted by Gasteiger charge is 2.44. The SMILES string of the molecule is CCOC(=O)c1ccc(OC2CC3CCC(C2)N3C(=O)c2ccc(CSc3nc(C)cs3)cc2)cc1. The summed E-state index contributed by atoms with van der Waals surface area (Å²) in [6.07, 6.45) is 3.74. The topological polar surface area (TPSA) is 68.7 Å². The maximum Gasteiger partial charge on any atom is 0.338 e. The fourth-order valence-corrected chi connectivity index (χ4v) is 6.87. The molecule has 3 heterocycles. The maximum atomic E-state index is 13.4. The van der Waals surface area contributed by atoms with Crippen LogP contribution in [0.4, 0.5) is 0 Å². The molecular formula is C28H30N2O4S2. The van der Waals surface area contributed by atoms with Crippen LogP contribution in [0.15, 0.2) is 58.3 Å². The Morgan fingerprint density at radius 1 is 1.03 bits per heavy atom. The van der Waals surface area contributed by atoms with Gasteiger partial charge >= 0.3 is 5.97 Å². The van der Waals surface area contributed by atoms with E-state index in [1.54, 1.807) is 42.2 Å². The van der Waals surface area contributed by atoms with Gasteiger partial charge in [0.15, 0.2) is 0 Å². The van der Waals surface area contributed by atoms with E-state index in [1.165, 1.54) is 5.56 Å². The summed E-state index contributed by atoms with van der Waals surface area (Å²) in [5.74, 6) is 1.38. The number of nitrogens with zero attached hydrogens (tertiary/aromatic N) is 2. The highest BCUT2D eigenvalue weighted by molar-refractivity contribution is 8.00. The van der Waals surface area contributed by atoms with Gasteiger partial charge < -0.3 is 14.4 Å². The molecule has 8 heteroatoms. The zero-order valence-corrected chi connectivity index (χ0v) is 22.1. The Labute approximate surface area is 220 Å². The number of aromatic nitrogens is 1. The third-order valence-corrected chi connectivity index (χ3v) is 8.96. The van der Waals surface area contributed by atoms with Crippen LogP contribution in [0.25, 0.3) is 0 Å². The van der Waals surface area contributed by atoms with Gasteiger partial charge in [0.2, 0.25) is 0 Å². The number of thioether (sulfide) groups is 1. The number of benzene rings is 2. The summed E-state index contributed by atoms with van der Waals surface area (Å²) in [6.45, 7) is 4.15. The molecule has 3 aromatic rings. The van der Waals surface area contributed by atoms with Crippen LogP contribution in [0.3, 0.4) is 0 Å². The van der Waals surface area contributed by atoms with Crippen LogP contribution in [-0.2, 0) is 10.5 Å². The molecule has 0 N–H and O–H groups in total. The molecule has 2 saturated heterocycles. The molecule has 0 spiro atoms. The van der Waals surface area contributed by atoms with Gasteiger partial charge in [-0.2, -0.15) is 0 Å². The quantitative estimate of drug-likeness (QED) is 0.262. The van der Waals surface area contributed by atoms with Crippen molar-refractivity contribution in [2.75, 3.05) is 6.61 Å². The Kier molecular flexibility index (Phi) is 7.62. The van der Waals surface area contributed by atoms with Crippen molar-refractivity contribution in [1.82, 2.24) is 9.88 Å². The summed E-state index contributed by atoms with van der Waals surface area (Å²) in [4.78, 5) is 31.9. The largest absolute Gasteiger partial charge is 0.490 e. The Bertz CT molecular complexity index is 1200. The molecule has 36 heavy (non-hydrogen) atoms. The normalized spacial score (nSPS) is 20.8. The van der Waals surface area contributed by atoms with Gasteiger partial charge in [-0.05, 0) is 68.7 Å². The molecule has 1 aromatic heterocycles. The molecule has 2 atom stereocenters. The van der Waals surface area contributed by atoms with E-state index in [2.05, 4.69) is 27.4 Å². The number of fused-ring (bicyclic) bond motifs is 2. The number of hydrogen-bond acceptors (Lipinski definition) is 7. The number of esters is 1. The number of ether oxygens (including phenoxy) is 2. The number of thiazole rings is 1. The molecule has 2 fully saturated rings. The zero-order chi connectivity index (χ0) is 25.1. The number of carbonyl (C=O) groups excluding carboxylic acids is 2. The van der Waals surface area contributed by atoms with E-state index in [0.717, 1.165) is 52.8 Å². The Morgan fingerprint density at radius 3 is 2.31 bits per heavy atom. The maximum absolute atomic E-state index is 13.4. The summed E-state index contributed by atoms with van der Waals surface area (Å²) in [7, 11) is 0. The van der Waals surface area contributed by atoms with Crippen molar-refractivity contribution in [2.45, 2.75) is 67.8 Å². The number of hydrogen-bond donors (Lipinski definition) is 0. The minimum Gasteiger partial charge on any atom is -0.490 e.